The van der Waals surface area contributed by atoms with Crippen molar-refractivity contribution < 1.29 is 14.6 Å². The van der Waals surface area contributed by atoms with E-state index in [-0.39, 0.29) is 16.7 Å². The Bertz CT molecular complexity index is 661. The molecule has 0 bridgehead atoms. The average Bonchev–Trinajstić information content (AvgIpc) is 2.47. The van der Waals surface area contributed by atoms with Crippen LogP contribution >= 0.6 is 11.6 Å². The van der Waals surface area contributed by atoms with E-state index < -0.39 is 11.9 Å². The zero-order valence-electron chi connectivity index (χ0n) is 11.7. The normalized spacial score (nSPS) is 12.0. The second kappa shape index (κ2) is 6.54. The molecule has 0 saturated carbocycles. The van der Waals surface area contributed by atoms with E-state index in [0.717, 1.165) is 11.1 Å². The molecule has 0 amide bonds. The predicted molar refractivity (Wildman–Crippen MR) is 78.9 cm³/mol. The topological polar surface area (TPSA) is 72.3 Å². The number of carbonyl (C=O) groups is 1. The Balaban J connectivity index is 2.40. The second-order valence-electron chi connectivity index (χ2n) is 4.61. The van der Waals surface area contributed by atoms with E-state index in [9.17, 15) is 9.90 Å². The summed E-state index contributed by atoms with van der Waals surface area (Å²) >= 11 is 6.05. The first-order valence-corrected chi connectivity index (χ1v) is 6.74. The SMILES string of the molecule is COc1ncc(Cl)c(C(Cc2ccccc2C)C(=O)O)n1. The Morgan fingerprint density at radius 3 is 2.76 bits per heavy atom. The number of benzene rings is 1. The van der Waals surface area contributed by atoms with Gasteiger partial charge in [-0.3, -0.25) is 4.79 Å². The molecule has 21 heavy (non-hydrogen) atoms. The largest absolute Gasteiger partial charge is 0.481 e. The highest BCUT2D eigenvalue weighted by Crippen LogP contribution is 2.28. The van der Waals surface area contributed by atoms with Gasteiger partial charge in [-0.1, -0.05) is 35.9 Å². The Hall–Kier alpha value is -2.14. The van der Waals surface area contributed by atoms with Gasteiger partial charge in [0.2, 0.25) is 0 Å². The van der Waals surface area contributed by atoms with Gasteiger partial charge in [0.1, 0.15) is 5.92 Å². The molecule has 1 heterocycles. The number of nitrogens with zero attached hydrogens (tertiary/aromatic N) is 2. The number of hydrogen-bond acceptors (Lipinski definition) is 4. The quantitative estimate of drug-likeness (QED) is 0.919. The van der Waals surface area contributed by atoms with Crippen molar-refractivity contribution in [1.82, 2.24) is 9.97 Å². The number of hydrogen-bond donors (Lipinski definition) is 1. The van der Waals surface area contributed by atoms with Crippen LogP contribution in [0.3, 0.4) is 0 Å². The van der Waals surface area contributed by atoms with Crippen LogP contribution in [-0.4, -0.2) is 28.2 Å². The van der Waals surface area contributed by atoms with Gasteiger partial charge in [-0.25, -0.2) is 4.98 Å². The molecule has 0 saturated heterocycles. The molecule has 0 fully saturated rings. The molecule has 2 rings (SSSR count). The minimum atomic E-state index is -0.985. The highest BCUT2D eigenvalue weighted by Gasteiger charge is 2.26. The summed E-state index contributed by atoms with van der Waals surface area (Å²) in [6.45, 7) is 1.94. The summed E-state index contributed by atoms with van der Waals surface area (Å²) in [5, 5.41) is 9.73. The van der Waals surface area contributed by atoms with Crippen molar-refractivity contribution in [3.63, 3.8) is 0 Å². The molecule has 1 N–H and O–H groups in total. The molecule has 5 nitrogen and oxygen atoms in total. The highest BCUT2D eigenvalue weighted by atomic mass is 35.5. The summed E-state index contributed by atoms with van der Waals surface area (Å²) in [6.07, 6.45) is 1.67. The number of aliphatic carboxylic acids is 1. The summed E-state index contributed by atoms with van der Waals surface area (Å²) < 4.78 is 4.94. The fraction of sp³-hybridized carbons (Fsp3) is 0.267. The molecule has 0 spiro atoms. The number of rotatable bonds is 5. The lowest BCUT2D eigenvalue weighted by atomic mass is 9.93. The van der Waals surface area contributed by atoms with Gasteiger partial charge in [0, 0.05) is 0 Å². The lowest BCUT2D eigenvalue weighted by Crippen LogP contribution is -2.17. The summed E-state index contributed by atoms with van der Waals surface area (Å²) in [5.41, 5.74) is 2.23. The maximum atomic E-state index is 11.6. The fourth-order valence-electron chi connectivity index (χ4n) is 2.07. The number of halogens is 1. The first-order chi connectivity index (χ1) is 10.0. The monoisotopic (exact) mass is 306 g/mol. The van der Waals surface area contributed by atoms with E-state index in [1.165, 1.54) is 13.3 Å². The Labute approximate surface area is 127 Å². The van der Waals surface area contributed by atoms with Crippen LogP contribution in [0.5, 0.6) is 6.01 Å². The maximum absolute atomic E-state index is 11.6. The van der Waals surface area contributed by atoms with Gasteiger partial charge in [-0.15, -0.1) is 0 Å². The molecule has 1 aromatic heterocycles. The fourth-order valence-corrected chi connectivity index (χ4v) is 2.29. The van der Waals surface area contributed by atoms with E-state index in [4.69, 9.17) is 16.3 Å². The first kappa shape index (κ1) is 15.3. The summed E-state index contributed by atoms with van der Waals surface area (Å²) in [6, 6.07) is 7.73. The van der Waals surface area contributed by atoms with Gasteiger partial charge in [0.15, 0.2) is 0 Å². The minimum Gasteiger partial charge on any atom is -0.481 e. The Morgan fingerprint density at radius 1 is 1.43 bits per heavy atom. The van der Waals surface area contributed by atoms with Crippen molar-refractivity contribution in [2.75, 3.05) is 7.11 Å². The van der Waals surface area contributed by atoms with Gasteiger partial charge in [0.05, 0.1) is 24.0 Å². The van der Waals surface area contributed by atoms with Crippen LogP contribution in [0.15, 0.2) is 30.5 Å². The average molecular weight is 307 g/mol. The first-order valence-electron chi connectivity index (χ1n) is 6.36. The van der Waals surface area contributed by atoms with Gasteiger partial charge in [0.25, 0.3) is 0 Å². The third-order valence-corrected chi connectivity index (χ3v) is 3.54. The summed E-state index contributed by atoms with van der Waals surface area (Å²) in [4.78, 5) is 19.6. The van der Waals surface area contributed by atoms with Crippen molar-refractivity contribution >= 4 is 17.6 Å². The maximum Gasteiger partial charge on any atom is 0.316 e. The number of aryl methyl sites for hydroxylation is 1. The van der Waals surface area contributed by atoms with Gasteiger partial charge in [-0.05, 0) is 24.5 Å². The molecule has 1 atom stereocenters. The van der Waals surface area contributed by atoms with Crippen molar-refractivity contribution in [3.8, 4) is 6.01 Å². The van der Waals surface area contributed by atoms with Gasteiger partial charge in [-0.2, -0.15) is 4.98 Å². The molecular formula is C15H15ClN2O3. The molecule has 6 heteroatoms. The van der Waals surface area contributed by atoms with Crippen LogP contribution in [0.1, 0.15) is 22.7 Å². The van der Waals surface area contributed by atoms with Crippen LogP contribution < -0.4 is 4.74 Å². The molecular weight excluding hydrogens is 292 g/mol. The number of methoxy groups -OCH3 is 1. The Morgan fingerprint density at radius 2 is 2.14 bits per heavy atom. The molecule has 1 unspecified atom stereocenters. The minimum absolute atomic E-state index is 0.102. The number of ether oxygens (including phenoxy) is 1. The Kier molecular flexibility index (Phi) is 4.75. The molecule has 1 aromatic carbocycles. The van der Waals surface area contributed by atoms with Crippen molar-refractivity contribution in [2.24, 2.45) is 0 Å². The second-order valence-corrected chi connectivity index (χ2v) is 5.02. The number of aromatic nitrogens is 2. The van der Waals surface area contributed by atoms with E-state index in [0.29, 0.717) is 6.42 Å². The lowest BCUT2D eigenvalue weighted by molar-refractivity contribution is -0.138. The number of carboxylic acids is 1. The molecule has 0 aliphatic rings. The third-order valence-electron chi connectivity index (χ3n) is 3.25. The van der Waals surface area contributed by atoms with Crippen LogP contribution in [0.4, 0.5) is 0 Å². The molecule has 110 valence electrons. The predicted octanol–water partition coefficient (Wildman–Crippen LogP) is 2.86. The summed E-state index contributed by atoms with van der Waals surface area (Å²) in [7, 11) is 1.42. The van der Waals surface area contributed by atoms with E-state index in [1.54, 1.807) is 0 Å². The van der Waals surface area contributed by atoms with Crippen LogP contribution in [0, 0.1) is 6.92 Å². The van der Waals surface area contributed by atoms with Gasteiger partial charge >= 0.3 is 12.0 Å². The van der Waals surface area contributed by atoms with E-state index >= 15 is 0 Å². The number of carboxylic acid groups (broad SMARTS) is 1. The van der Waals surface area contributed by atoms with Crippen LogP contribution in [0.25, 0.3) is 0 Å². The lowest BCUT2D eigenvalue weighted by Gasteiger charge is -2.15. The van der Waals surface area contributed by atoms with Crippen molar-refractivity contribution in [3.05, 3.63) is 52.3 Å². The highest BCUT2D eigenvalue weighted by molar-refractivity contribution is 6.31. The van der Waals surface area contributed by atoms with Crippen molar-refractivity contribution in [1.29, 1.82) is 0 Å². The standard InChI is InChI=1S/C15H15ClN2O3/c1-9-5-3-4-6-10(9)7-11(14(19)20)13-12(16)8-17-15(18-13)21-2/h3-6,8,11H,7H2,1-2H3,(H,19,20). The molecule has 0 aliphatic carbocycles. The zero-order valence-corrected chi connectivity index (χ0v) is 12.5. The zero-order chi connectivity index (χ0) is 15.4. The summed E-state index contributed by atoms with van der Waals surface area (Å²) in [5.74, 6) is -1.84. The molecule has 0 aliphatic heterocycles. The van der Waals surface area contributed by atoms with Crippen LogP contribution in [0.2, 0.25) is 5.02 Å². The van der Waals surface area contributed by atoms with Gasteiger partial charge < -0.3 is 9.84 Å². The smallest absolute Gasteiger partial charge is 0.316 e. The molecule has 0 radical (unpaired) electrons. The van der Waals surface area contributed by atoms with E-state index in [2.05, 4.69) is 9.97 Å². The third kappa shape index (κ3) is 3.49. The van der Waals surface area contributed by atoms with E-state index in [1.807, 2.05) is 31.2 Å². The van der Waals surface area contributed by atoms with Crippen LogP contribution in [-0.2, 0) is 11.2 Å². The molecule has 2 aromatic rings. The van der Waals surface area contributed by atoms with Crippen molar-refractivity contribution in [2.45, 2.75) is 19.3 Å².